The molecule has 0 aromatic carbocycles. The summed E-state index contributed by atoms with van der Waals surface area (Å²) in [5, 5.41) is 0. The van der Waals surface area contributed by atoms with E-state index >= 15 is 0 Å². The summed E-state index contributed by atoms with van der Waals surface area (Å²) in [5.41, 5.74) is 1.40. The SMILES string of the molecule is CSC1=CC(C)=CCS1. The lowest BCUT2D eigenvalue weighted by molar-refractivity contribution is 1.48. The molecular formula is C7H10S2. The third kappa shape index (κ3) is 2.11. The molecule has 0 spiro atoms. The minimum Gasteiger partial charge on any atom is -0.123 e. The van der Waals surface area contributed by atoms with Gasteiger partial charge in [0.2, 0.25) is 0 Å². The van der Waals surface area contributed by atoms with E-state index in [1.165, 1.54) is 9.81 Å². The standard InChI is InChI=1S/C7H10S2/c1-6-3-4-9-7(5-6)8-2/h3,5H,4H2,1-2H3. The zero-order valence-electron chi connectivity index (χ0n) is 5.68. The normalized spacial score (nSPS) is 18.9. The Morgan fingerprint density at radius 2 is 2.44 bits per heavy atom. The molecule has 1 rings (SSSR count). The van der Waals surface area contributed by atoms with Gasteiger partial charge >= 0.3 is 0 Å². The van der Waals surface area contributed by atoms with Crippen LogP contribution in [0.5, 0.6) is 0 Å². The molecule has 0 amide bonds. The molecule has 1 heterocycles. The molecule has 0 unspecified atom stereocenters. The fourth-order valence-corrected chi connectivity index (χ4v) is 2.42. The van der Waals surface area contributed by atoms with E-state index in [4.69, 9.17) is 0 Å². The molecule has 0 fully saturated rings. The molecule has 0 aromatic heterocycles. The summed E-state index contributed by atoms with van der Waals surface area (Å²) < 4.78 is 1.44. The van der Waals surface area contributed by atoms with Crippen LogP contribution in [0.25, 0.3) is 0 Å². The minimum atomic E-state index is 1.15. The average Bonchev–Trinajstić information content (AvgIpc) is 1.88. The lowest BCUT2D eigenvalue weighted by Gasteiger charge is -2.06. The van der Waals surface area contributed by atoms with Crippen LogP contribution in [-0.4, -0.2) is 12.0 Å². The van der Waals surface area contributed by atoms with Gasteiger partial charge in [0.05, 0.1) is 0 Å². The van der Waals surface area contributed by atoms with Crippen LogP contribution in [0.2, 0.25) is 0 Å². The molecule has 0 N–H and O–H groups in total. The Morgan fingerprint density at radius 3 is 2.89 bits per heavy atom. The summed E-state index contributed by atoms with van der Waals surface area (Å²) in [6.45, 7) is 2.15. The largest absolute Gasteiger partial charge is 0.123 e. The topological polar surface area (TPSA) is 0 Å². The number of rotatable bonds is 1. The third-order valence-electron chi connectivity index (χ3n) is 1.18. The van der Waals surface area contributed by atoms with Gasteiger partial charge in [0, 0.05) is 9.99 Å². The van der Waals surface area contributed by atoms with Crippen LogP contribution in [0.15, 0.2) is 22.0 Å². The molecule has 0 saturated heterocycles. The first-order chi connectivity index (χ1) is 4.33. The van der Waals surface area contributed by atoms with Crippen molar-refractivity contribution in [3.63, 3.8) is 0 Å². The Bertz CT molecular complexity index is 156. The Hall–Kier alpha value is 0.180. The molecule has 0 nitrogen and oxygen atoms in total. The molecule has 9 heavy (non-hydrogen) atoms. The summed E-state index contributed by atoms with van der Waals surface area (Å²) in [5.74, 6) is 1.15. The Morgan fingerprint density at radius 1 is 1.67 bits per heavy atom. The molecule has 50 valence electrons. The van der Waals surface area contributed by atoms with E-state index in [9.17, 15) is 0 Å². The van der Waals surface area contributed by atoms with Crippen LogP contribution >= 0.6 is 23.5 Å². The fraction of sp³-hybridized carbons (Fsp3) is 0.429. The third-order valence-corrected chi connectivity index (χ3v) is 3.29. The fourth-order valence-electron chi connectivity index (χ4n) is 0.660. The van der Waals surface area contributed by atoms with E-state index in [0.29, 0.717) is 0 Å². The van der Waals surface area contributed by atoms with Crippen molar-refractivity contribution in [1.82, 2.24) is 0 Å². The van der Waals surface area contributed by atoms with E-state index in [1.807, 2.05) is 23.5 Å². The number of hydrogen-bond donors (Lipinski definition) is 0. The van der Waals surface area contributed by atoms with Crippen molar-refractivity contribution in [3.05, 3.63) is 22.0 Å². The van der Waals surface area contributed by atoms with Gasteiger partial charge in [0.25, 0.3) is 0 Å². The molecule has 0 saturated carbocycles. The maximum absolute atomic E-state index is 2.25. The van der Waals surface area contributed by atoms with Crippen LogP contribution in [0.3, 0.4) is 0 Å². The predicted molar refractivity (Wildman–Crippen MR) is 47.8 cm³/mol. The highest BCUT2D eigenvalue weighted by Gasteiger charge is 1.99. The summed E-state index contributed by atoms with van der Waals surface area (Å²) in [4.78, 5) is 0. The Labute approximate surface area is 64.8 Å². The number of allylic oxidation sites excluding steroid dienone is 2. The second-order valence-corrected chi connectivity index (χ2v) is 4.09. The molecule has 0 bridgehead atoms. The van der Waals surface area contributed by atoms with E-state index < -0.39 is 0 Å². The van der Waals surface area contributed by atoms with Crippen LogP contribution < -0.4 is 0 Å². The molecule has 0 aromatic rings. The van der Waals surface area contributed by atoms with E-state index in [1.54, 1.807) is 0 Å². The van der Waals surface area contributed by atoms with Crippen molar-refractivity contribution >= 4 is 23.5 Å². The highest BCUT2D eigenvalue weighted by atomic mass is 32.2. The zero-order valence-corrected chi connectivity index (χ0v) is 7.31. The van der Waals surface area contributed by atoms with Gasteiger partial charge in [-0.15, -0.1) is 23.5 Å². The van der Waals surface area contributed by atoms with E-state index in [2.05, 4.69) is 25.3 Å². The van der Waals surface area contributed by atoms with Gasteiger partial charge in [-0.3, -0.25) is 0 Å². The smallest absolute Gasteiger partial charge is 0.0403 e. The molecule has 0 atom stereocenters. The second kappa shape index (κ2) is 3.37. The molecular weight excluding hydrogens is 148 g/mol. The van der Waals surface area contributed by atoms with Gasteiger partial charge in [0.1, 0.15) is 0 Å². The number of hydrogen-bond acceptors (Lipinski definition) is 2. The maximum atomic E-state index is 2.25. The summed E-state index contributed by atoms with van der Waals surface area (Å²) in [6, 6.07) is 0. The lowest BCUT2D eigenvalue weighted by atomic mass is 10.3. The molecule has 0 aliphatic carbocycles. The minimum absolute atomic E-state index is 1.15. The molecule has 1 aliphatic heterocycles. The van der Waals surface area contributed by atoms with Gasteiger partial charge in [-0.05, 0) is 19.3 Å². The Balaban J connectivity index is 2.63. The van der Waals surface area contributed by atoms with Crippen molar-refractivity contribution in [3.8, 4) is 0 Å². The van der Waals surface area contributed by atoms with Crippen molar-refractivity contribution in [2.45, 2.75) is 6.92 Å². The van der Waals surface area contributed by atoms with Gasteiger partial charge in [0.15, 0.2) is 0 Å². The first kappa shape index (κ1) is 7.29. The summed E-state index contributed by atoms with van der Waals surface area (Å²) in [7, 11) is 0. The van der Waals surface area contributed by atoms with Crippen molar-refractivity contribution in [2.75, 3.05) is 12.0 Å². The first-order valence-corrected chi connectivity index (χ1v) is 5.09. The van der Waals surface area contributed by atoms with Gasteiger partial charge in [-0.2, -0.15) is 0 Å². The quantitative estimate of drug-likeness (QED) is 0.575. The van der Waals surface area contributed by atoms with E-state index in [0.717, 1.165) is 5.75 Å². The van der Waals surface area contributed by atoms with Crippen LogP contribution in [0.4, 0.5) is 0 Å². The van der Waals surface area contributed by atoms with Crippen LogP contribution in [0, 0.1) is 0 Å². The molecule has 0 radical (unpaired) electrons. The van der Waals surface area contributed by atoms with Gasteiger partial charge < -0.3 is 0 Å². The maximum Gasteiger partial charge on any atom is 0.0403 e. The molecule has 1 aliphatic rings. The highest BCUT2D eigenvalue weighted by Crippen LogP contribution is 2.30. The van der Waals surface area contributed by atoms with Crippen LogP contribution in [-0.2, 0) is 0 Å². The van der Waals surface area contributed by atoms with Crippen molar-refractivity contribution < 1.29 is 0 Å². The van der Waals surface area contributed by atoms with Crippen molar-refractivity contribution in [1.29, 1.82) is 0 Å². The van der Waals surface area contributed by atoms with E-state index in [-0.39, 0.29) is 0 Å². The second-order valence-electron chi connectivity index (χ2n) is 1.93. The Kier molecular flexibility index (Phi) is 2.73. The van der Waals surface area contributed by atoms with Gasteiger partial charge in [-0.25, -0.2) is 0 Å². The summed E-state index contributed by atoms with van der Waals surface area (Å²) >= 11 is 3.75. The monoisotopic (exact) mass is 158 g/mol. The van der Waals surface area contributed by atoms with Crippen LogP contribution in [0.1, 0.15) is 6.92 Å². The first-order valence-electron chi connectivity index (χ1n) is 2.88. The zero-order chi connectivity index (χ0) is 6.69. The lowest BCUT2D eigenvalue weighted by Crippen LogP contribution is -1.83. The summed E-state index contributed by atoms with van der Waals surface area (Å²) in [6.07, 6.45) is 6.61. The predicted octanol–water partition coefficient (Wildman–Crippen LogP) is 2.88. The number of thioether (sulfide) groups is 2. The average molecular weight is 158 g/mol. The molecule has 2 heteroatoms. The highest BCUT2D eigenvalue weighted by molar-refractivity contribution is 8.22. The van der Waals surface area contributed by atoms with Crippen molar-refractivity contribution in [2.24, 2.45) is 0 Å². The van der Waals surface area contributed by atoms with Gasteiger partial charge in [-0.1, -0.05) is 11.6 Å².